The van der Waals surface area contributed by atoms with Gasteiger partial charge in [0.05, 0.1) is 0 Å². The largest absolute Gasteiger partial charge is 0.301 e. The average molecular weight is 309 g/mol. The second-order valence-electron chi connectivity index (χ2n) is 4.81. The molecule has 0 spiro atoms. The van der Waals surface area contributed by atoms with Crippen molar-refractivity contribution in [3.63, 3.8) is 0 Å². The minimum absolute atomic E-state index is 0.0420. The van der Waals surface area contributed by atoms with Crippen molar-refractivity contribution in [2.75, 3.05) is 5.32 Å². The Labute approximate surface area is 132 Å². The predicted octanol–water partition coefficient (Wildman–Crippen LogP) is 3.78. The number of hydrogen-bond acceptors (Lipinski definition) is 4. The van der Waals surface area contributed by atoms with E-state index in [1.54, 1.807) is 0 Å². The molecule has 0 aliphatic rings. The van der Waals surface area contributed by atoms with Gasteiger partial charge in [0.25, 0.3) is 0 Å². The number of hydrogen-bond donors (Lipinski definition) is 1. The van der Waals surface area contributed by atoms with Crippen LogP contribution < -0.4 is 5.32 Å². The molecule has 3 aromatic rings. The molecule has 0 saturated heterocycles. The maximum atomic E-state index is 12.0. The minimum atomic E-state index is -0.0420. The number of benzene rings is 2. The maximum absolute atomic E-state index is 12.0. The number of aryl methyl sites for hydroxylation is 1. The molecular formula is C17H15N3OS. The second kappa shape index (κ2) is 6.95. The lowest BCUT2D eigenvalue weighted by molar-refractivity contribution is -0.116. The first-order chi connectivity index (χ1) is 10.8. The van der Waals surface area contributed by atoms with E-state index < -0.39 is 0 Å². The molecule has 5 heteroatoms. The zero-order valence-electron chi connectivity index (χ0n) is 11.9. The zero-order valence-corrected chi connectivity index (χ0v) is 12.7. The van der Waals surface area contributed by atoms with E-state index in [2.05, 4.69) is 15.5 Å². The zero-order chi connectivity index (χ0) is 15.2. The van der Waals surface area contributed by atoms with Gasteiger partial charge in [-0.15, -0.1) is 10.2 Å². The van der Waals surface area contributed by atoms with Crippen LogP contribution in [0.5, 0.6) is 0 Å². The predicted molar refractivity (Wildman–Crippen MR) is 88.7 cm³/mol. The highest BCUT2D eigenvalue weighted by molar-refractivity contribution is 7.18. The average Bonchev–Trinajstić information content (AvgIpc) is 3.03. The van der Waals surface area contributed by atoms with Crippen LogP contribution >= 0.6 is 11.3 Å². The van der Waals surface area contributed by atoms with E-state index >= 15 is 0 Å². The fourth-order valence-corrected chi connectivity index (χ4v) is 2.82. The summed E-state index contributed by atoms with van der Waals surface area (Å²) in [6.07, 6.45) is 1.15. The third-order valence-corrected chi connectivity index (χ3v) is 4.06. The summed E-state index contributed by atoms with van der Waals surface area (Å²) in [5.74, 6) is -0.0420. The molecule has 0 saturated carbocycles. The van der Waals surface area contributed by atoms with Crippen LogP contribution in [0.4, 0.5) is 5.13 Å². The third kappa shape index (κ3) is 3.77. The lowest BCUT2D eigenvalue weighted by atomic mass is 10.1. The molecule has 0 aliphatic carbocycles. The monoisotopic (exact) mass is 309 g/mol. The fraction of sp³-hybridized carbons (Fsp3) is 0.118. The Hall–Kier alpha value is -2.53. The first-order valence-corrected chi connectivity index (χ1v) is 7.85. The van der Waals surface area contributed by atoms with Gasteiger partial charge in [0, 0.05) is 12.0 Å². The normalized spacial score (nSPS) is 10.4. The number of aromatic nitrogens is 2. The van der Waals surface area contributed by atoms with Crippen molar-refractivity contribution in [3.05, 3.63) is 66.2 Å². The Morgan fingerprint density at radius 2 is 1.64 bits per heavy atom. The summed E-state index contributed by atoms with van der Waals surface area (Å²) in [5.41, 5.74) is 2.16. The van der Waals surface area contributed by atoms with Crippen LogP contribution in [0.15, 0.2) is 60.7 Å². The van der Waals surface area contributed by atoms with Gasteiger partial charge in [-0.1, -0.05) is 72.0 Å². The van der Waals surface area contributed by atoms with Crippen LogP contribution in [0, 0.1) is 0 Å². The standard InChI is InChI=1S/C17H15N3OS/c21-15(12-11-13-7-3-1-4-8-13)18-17-20-19-16(22-17)14-9-5-2-6-10-14/h1-10H,11-12H2,(H,18,20,21). The first kappa shape index (κ1) is 14.4. The lowest BCUT2D eigenvalue weighted by Gasteiger charge is -2.01. The molecule has 1 N–H and O–H groups in total. The number of nitrogens with one attached hydrogen (secondary N) is 1. The summed E-state index contributed by atoms with van der Waals surface area (Å²) in [5, 5.41) is 12.3. The molecule has 110 valence electrons. The molecule has 0 fully saturated rings. The van der Waals surface area contributed by atoms with Gasteiger partial charge in [-0.2, -0.15) is 0 Å². The van der Waals surface area contributed by atoms with Gasteiger partial charge in [-0.05, 0) is 12.0 Å². The maximum Gasteiger partial charge on any atom is 0.226 e. The molecular weight excluding hydrogens is 294 g/mol. The Kier molecular flexibility index (Phi) is 4.56. The molecule has 0 unspecified atom stereocenters. The van der Waals surface area contributed by atoms with E-state index in [1.165, 1.54) is 11.3 Å². The summed E-state index contributed by atoms with van der Waals surface area (Å²) in [7, 11) is 0. The molecule has 0 radical (unpaired) electrons. The van der Waals surface area contributed by atoms with Gasteiger partial charge in [-0.25, -0.2) is 0 Å². The van der Waals surface area contributed by atoms with Crippen molar-refractivity contribution in [2.24, 2.45) is 0 Å². The quantitative estimate of drug-likeness (QED) is 0.780. The van der Waals surface area contributed by atoms with Crippen molar-refractivity contribution < 1.29 is 4.79 Å². The number of carbonyl (C=O) groups excluding carboxylic acids is 1. The molecule has 1 heterocycles. The fourth-order valence-electron chi connectivity index (χ4n) is 2.06. The number of nitrogens with zero attached hydrogens (tertiary/aromatic N) is 2. The van der Waals surface area contributed by atoms with Gasteiger partial charge >= 0.3 is 0 Å². The second-order valence-corrected chi connectivity index (χ2v) is 5.79. The Bertz CT molecular complexity index is 741. The first-order valence-electron chi connectivity index (χ1n) is 7.04. The number of rotatable bonds is 5. The van der Waals surface area contributed by atoms with Gasteiger partial charge in [-0.3, -0.25) is 4.79 Å². The SMILES string of the molecule is O=C(CCc1ccccc1)Nc1nnc(-c2ccccc2)s1. The molecule has 0 aliphatic heterocycles. The Morgan fingerprint density at radius 3 is 2.36 bits per heavy atom. The van der Waals surface area contributed by atoms with E-state index in [0.717, 1.165) is 22.6 Å². The summed E-state index contributed by atoms with van der Waals surface area (Å²) in [4.78, 5) is 12.0. The molecule has 22 heavy (non-hydrogen) atoms. The summed E-state index contributed by atoms with van der Waals surface area (Å²) in [6.45, 7) is 0. The molecule has 3 rings (SSSR count). The highest BCUT2D eigenvalue weighted by Crippen LogP contribution is 2.25. The molecule has 4 nitrogen and oxygen atoms in total. The number of anilines is 1. The smallest absolute Gasteiger partial charge is 0.226 e. The van der Waals surface area contributed by atoms with E-state index in [0.29, 0.717) is 11.6 Å². The third-order valence-electron chi connectivity index (χ3n) is 3.18. The Morgan fingerprint density at radius 1 is 0.955 bits per heavy atom. The van der Waals surface area contributed by atoms with Crippen molar-refractivity contribution in [3.8, 4) is 10.6 Å². The van der Waals surface area contributed by atoms with Gasteiger partial charge < -0.3 is 5.32 Å². The van der Waals surface area contributed by atoms with Gasteiger partial charge in [0.15, 0.2) is 0 Å². The van der Waals surface area contributed by atoms with E-state index in [9.17, 15) is 4.79 Å². The highest BCUT2D eigenvalue weighted by atomic mass is 32.1. The summed E-state index contributed by atoms with van der Waals surface area (Å²) < 4.78 is 0. The summed E-state index contributed by atoms with van der Waals surface area (Å²) >= 11 is 1.38. The molecule has 1 amide bonds. The Balaban J connectivity index is 1.57. The van der Waals surface area contributed by atoms with Gasteiger partial charge in [0.1, 0.15) is 5.01 Å². The molecule has 0 atom stereocenters. The summed E-state index contributed by atoms with van der Waals surface area (Å²) in [6, 6.07) is 19.8. The highest BCUT2D eigenvalue weighted by Gasteiger charge is 2.09. The van der Waals surface area contributed by atoms with Crippen molar-refractivity contribution in [2.45, 2.75) is 12.8 Å². The van der Waals surface area contributed by atoms with Gasteiger partial charge in [0.2, 0.25) is 11.0 Å². The van der Waals surface area contributed by atoms with Crippen LogP contribution in [0.25, 0.3) is 10.6 Å². The van der Waals surface area contributed by atoms with Crippen molar-refractivity contribution in [1.82, 2.24) is 10.2 Å². The van der Waals surface area contributed by atoms with E-state index in [-0.39, 0.29) is 5.91 Å². The minimum Gasteiger partial charge on any atom is -0.301 e. The molecule has 2 aromatic carbocycles. The number of carbonyl (C=O) groups is 1. The van der Waals surface area contributed by atoms with Crippen LogP contribution in [0.1, 0.15) is 12.0 Å². The number of amides is 1. The molecule has 0 bridgehead atoms. The van der Waals surface area contributed by atoms with E-state index in [1.807, 2.05) is 60.7 Å². The van der Waals surface area contributed by atoms with Crippen LogP contribution in [-0.4, -0.2) is 16.1 Å². The van der Waals surface area contributed by atoms with Crippen LogP contribution in [0.3, 0.4) is 0 Å². The van der Waals surface area contributed by atoms with Crippen LogP contribution in [0.2, 0.25) is 0 Å². The van der Waals surface area contributed by atoms with Crippen LogP contribution in [-0.2, 0) is 11.2 Å². The van der Waals surface area contributed by atoms with Crippen molar-refractivity contribution in [1.29, 1.82) is 0 Å². The van der Waals surface area contributed by atoms with Crippen molar-refractivity contribution >= 4 is 22.4 Å². The van der Waals surface area contributed by atoms with E-state index in [4.69, 9.17) is 0 Å². The lowest BCUT2D eigenvalue weighted by Crippen LogP contribution is -2.12. The molecule has 1 aromatic heterocycles. The topological polar surface area (TPSA) is 54.9 Å².